The molecule has 1 aromatic rings. The fourth-order valence-corrected chi connectivity index (χ4v) is 2.07. The Labute approximate surface area is 149 Å². The van der Waals surface area contributed by atoms with E-state index in [1.54, 1.807) is 7.11 Å². The van der Waals surface area contributed by atoms with Gasteiger partial charge in [-0.25, -0.2) is 9.59 Å². The topological polar surface area (TPSA) is 105 Å². The van der Waals surface area contributed by atoms with Crippen LogP contribution in [0, 0.1) is 6.92 Å². The fourth-order valence-electron chi connectivity index (χ4n) is 2.07. The Hall–Kier alpha value is -2.12. The van der Waals surface area contributed by atoms with Gasteiger partial charge in [-0.15, -0.1) is 0 Å². The van der Waals surface area contributed by atoms with E-state index in [9.17, 15) is 0 Å². The molecule has 0 fully saturated rings. The van der Waals surface area contributed by atoms with Crippen molar-refractivity contribution >= 4 is 11.9 Å². The van der Waals surface area contributed by atoms with E-state index in [4.69, 9.17) is 29.3 Å². The minimum Gasteiger partial charge on any atom is -0.494 e. The second kappa shape index (κ2) is 13.2. The summed E-state index contributed by atoms with van der Waals surface area (Å²) >= 11 is 0. The van der Waals surface area contributed by atoms with E-state index < -0.39 is 11.9 Å². The zero-order chi connectivity index (χ0) is 19.2. The monoisotopic (exact) mass is 355 g/mol. The summed E-state index contributed by atoms with van der Waals surface area (Å²) in [5.41, 5.74) is 2.71. The third-order valence-corrected chi connectivity index (χ3v) is 3.30. The molecule has 7 nitrogen and oxygen atoms in total. The molecule has 25 heavy (non-hydrogen) atoms. The maximum absolute atomic E-state index is 9.10. The highest BCUT2D eigenvalue weighted by atomic mass is 16.5. The van der Waals surface area contributed by atoms with Crippen LogP contribution in [0.4, 0.5) is 0 Å². The van der Waals surface area contributed by atoms with Gasteiger partial charge >= 0.3 is 11.9 Å². The number of hydrogen-bond acceptors (Lipinski definition) is 5. The van der Waals surface area contributed by atoms with Gasteiger partial charge in [0.1, 0.15) is 5.75 Å². The fraction of sp³-hybridized carbons (Fsp3) is 0.556. The Morgan fingerprint density at radius 3 is 2.24 bits per heavy atom. The van der Waals surface area contributed by atoms with Gasteiger partial charge < -0.3 is 25.0 Å². The molecule has 0 bridgehead atoms. The zero-order valence-electron chi connectivity index (χ0n) is 15.4. The number of carboxylic acid groups (broad SMARTS) is 2. The normalized spacial score (nSPS) is 10.1. The van der Waals surface area contributed by atoms with E-state index in [0.717, 1.165) is 38.5 Å². The van der Waals surface area contributed by atoms with Gasteiger partial charge in [0.2, 0.25) is 0 Å². The molecule has 0 heterocycles. The number of nitrogens with one attached hydrogen (secondary N) is 1. The van der Waals surface area contributed by atoms with Gasteiger partial charge in [-0.1, -0.05) is 19.9 Å². The molecule has 1 aromatic carbocycles. The lowest BCUT2D eigenvalue weighted by molar-refractivity contribution is -0.159. The average molecular weight is 355 g/mol. The first-order chi connectivity index (χ1) is 11.8. The van der Waals surface area contributed by atoms with Crippen LogP contribution in [0.3, 0.4) is 0 Å². The second-order valence-electron chi connectivity index (χ2n) is 5.73. The smallest absolute Gasteiger partial charge is 0.414 e. The van der Waals surface area contributed by atoms with Gasteiger partial charge in [-0.3, -0.25) is 0 Å². The molecule has 0 amide bonds. The van der Waals surface area contributed by atoms with Crippen LogP contribution in [-0.2, 0) is 14.3 Å². The van der Waals surface area contributed by atoms with Crippen LogP contribution in [0.25, 0.3) is 0 Å². The molecule has 0 spiro atoms. The molecule has 0 saturated heterocycles. The number of aryl methyl sites for hydroxylation is 1. The molecule has 0 radical (unpaired) electrons. The Balaban J connectivity index is 0.000000823. The van der Waals surface area contributed by atoms with Crippen molar-refractivity contribution in [2.45, 2.75) is 33.1 Å². The van der Waals surface area contributed by atoms with Crippen molar-refractivity contribution in [3.63, 3.8) is 0 Å². The lowest BCUT2D eigenvalue weighted by Gasteiger charge is -2.12. The van der Waals surface area contributed by atoms with Gasteiger partial charge in [0.05, 0.1) is 13.2 Å². The van der Waals surface area contributed by atoms with Crippen LogP contribution >= 0.6 is 0 Å². The number of ether oxygens (including phenoxy) is 2. The van der Waals surface area contributed by atoms with Crippen molar-refractivity contribution in [3.8, 4) is 5.75 Å². The van der Waals surface area contributed by atoms with Crippen molar-refractivity contribution in [2.75, 3.05) is 33.4 Å². The Kier molecular flexibility index (Phi) is 12.1. The van der Waals surface area contributed by atoms with E-state index in [2.05, 4.69) is 44.3 Å². The minimum atomic E-state index is -1.82. The molecular weight excluding hydrogens is 326 g/mol. The standard InChI is InChI=1S/C16H27NO2.C2H2O4/c1-13(2)16-7-6-15(12-14(16)3)19-10-5-8-17-9-11-18-4;3-1(4)2(5)6/h6-7,12-13,17H,5,8-11H2,1-4H3;(H,3,4)(H,5,6). The molecule has 3 N–H and O–H groups in total. The summed E-state index contributed by atoms with van der Waals surface area (Å²) in [6.07, 6.45) is 1.01. The Bertz CT molecular complexity index is 518. The number of carboxylic acids is 2. The molecule has 0 aliphatic heterocycles. The van der Waals surface area contributed by atoms with Gasteiger partial charge in [-0.2, -0.15) is 0 Å². The number of hydrogen-bond donors (Lipinski definition) is 3. The molecule has 0 atom stereocenters. The van der Waals surface area contributed by atoms with Crippen LogP contribution < -0.4 is 10.1 Å². The molecule has 1 rings (SSSR count). The van der Waals surface area contributed by atoms with Gasteiger partial charge in [0.15, 0.2) is 0 Å². The lowest BCUT2D eigenvalue weighted by Crippen LogP contribution is -2.21. The molecule has 142 valence electrons. The van der Waals surface area contributed by atoms with Crippen molar-refractivity contribution in [3.05, 3.63) is 29.3 Å². The third kappa shape index (κ3) is 11.1. The van der Waals surface area contributed by atoms with Crippen LogP contribution in [0.1, 0.15) is 37.3 Å². The zero-order valence-corrected chi connectivity index (χ0v) is 15.4. The predicted molar refractivity (Wildman–Crippen MR) is 95.4 cm³/mol. The van der Waals surface area contributed by atoms with E-state index >= 15 is 0 Å². The number of methoxy groups -OCH3 is 1. The minimum absolute atomic E-state index is 0.569. The predicted octanol–water partition coefficient (Wildman–Crippen LogP) is 2.28. The van der Waals surface area contributed by atoms with Crippen LogP contribution in [0.15, 0.2) is 18.2 Å². The summed E-state index contributed by atoms with van der Waals surface area (Å²) in [7, 11) is 1.72. The lowest BCUT2D eigenvalue weighted by atomic mass is 9.98. The first-order valence-corrected chi connectivity index (χ1v) is 8.18. The maximum atomic E-state index is 9.10. The second-order valence-corrected chi connectivity index (χ2v) is 5.73. The number of rotatable bonds is 9. The SMILES string of the molecule is COCCNCCCOc1ccc(C(C)C)c(C)c1.O=C(O)C(=O)O. The summed E-state index contributed by atoms with van der Waals surface area (Å²) in [6, 6.07) is 6.38. The number of aliphatic carboxylic acids is 2. The molecule has 7 heteroatoms. The molecule has 0 saturated carbocycles. The molecule has 0 aliphatic carbocycles. The number of carbonyl (C=O) groups is 2. The largest absolute Gasteiger partial charge is 0.494 e. The summed E-state index contributed by atoms with van der Waals surface area (Å²) in [5.74, 6) is -2.11. The molecule has 0 aromatic heterocycles. The maximum Gasteiger partial charge on any atom is 0.414 e. The van der Waals surface area contributed by atoms with Crippen molar-refractivity contribution in [1.82, 2.24) is 5.32 Å². The van der Waals surface area contributed by atoms with Crippen molar-refractivity contribution in [1.29, 1.82) is 0 Å². The quantitative estimate of drug-likeness (QED) is 0.461. The number of benzene rings is 1. The van der Waals surface area contributed by atoms with Gasteiger partial charge in [0.25, 0.3) is 0 Å². The first kappa shape index (κ1) is 22.9. The van der Waals surface area contributed by atoms with Crippen LogP contribution in [0.2, 0.25) is 0 Å². The Morgan fingerprint density at radius 2 is 1.76 bits per heavy atom. The van der Waals surface area contributed by atoms with Crippen LogP contribution in [-0.4, -0.2) is 55.6 Å². The van der Waals surface area contributed by atoms with E-state index in [1.807, 2.05) is 0 Å². The van der Waals surface area contributed by atoms with E-state index in [0.29, 0.717) is 5.92 Å². The highest BCUT2D eigenvalue weighted by Gasteiger charge is 2.05. The van der Waals surface area contributed by atoms with Crippen molar-refractivity contribution in [2.24, 2.45) is 0 Å². The summed E-state index contributed by atoms with van der Waals surface area (Å²) in [4.78, 5) is 18.2. The summed E-state index contributed by atoms with van der Waals surface area (Å²) < 4.78 is 10.7. The van der Waals surface area contributed by atoms with Gasteiger partial charge in [0, 0.05) is 13.7 Å². The molecule has 0 unspecified atom stereocenters. The summed E-state index contributed by atoms with van der Waals surface area (Å²) in [6.45, 7) is 9.96. The molecule has 0 aliphatic rings. The first-order valence-electron chi connectivity index (χ1n) is 8.18. The van der Waals surface area contributed by atoms with E-state index in [-0.39, 0.29) is 0 Å². The summed E-state index contributed by atoms with van der Waals surface area (Å²) in [5, 5.41) is 18.1. The van der Waals surface area contributed by atoms with E-state index in [1.165, 1.54) is 11.1 Å². The highest BCUT2D eigenvalue weighted by molar-refractivity contribution is 6.27. The van der Waals surface area contributed by atoms with Crippen molar-refractivity contribution < 1.29 is 29.3 Å². The average Bonchev–Trinajstić information content (AvgIpc) is 2.54. The van der Waals surface area contributed by atoms with Crippen LogP contribution in [0.5, 0.6) is 5.75 Å². The highest BCUT2D eigenvalue weighted by Crippen LogP contribution is 2.23. The van der Waals surface area contributed by atoms with Gasteiger partial charge in [-0.05, 0) is 49.1 Å². The molecular formula is C18H29NO6. The Morgan fingerprint density at radius 1 is 1.12 bits per heavy atom. The third-order valence-electron chi connectivity index (χ3n) is 3.30.